The Bertz CT molecular complexity index is 618. The largest absolute Gasteiger partial charge is 0.481 e. The monoisotopic (exact) mass is 247 g/mol. The van der Waals surface area contributed by atoms with Gasteiger partial charge in [-0.2, -0.15) is 0 Å². The van der Waals surface area contributed by atoms with Crippen molar-refractivity contribution in [3.63, 3.8) is 0 Å². The number of fused-ring (bicyclic) bond motifs is 1. The van der Waals surface area contributed by atoms with E-state index in [1.165, 1.54) is 0 Å². The molecule has 0 radical (unpaired) electrons. The van der Waals surface area contributed by atoms with Crippen LogP contribution in [-0.2, 0) is 9.53 Å². The van der Waals surface area contributed by atoms with Gasteiger partial charge in [0, 0.05) is 11.6 Å². The molecule has 0 aliphatic carbocycles. The van der Waals surface area contributed by atoms with Crippen LogP contribution in [0.2, 0.25) is 0 Å². The Morgan fingerprint density at radius 2 is 2.11 bits per heavy atom. The van der Waals surface area contributed by atoms with Crippen LogP contribution in [0.3, 0.4) is 0 Å². The number of rotatable bonds is 4. The Hall–Kier alpha value is -2.30. The molecule has 0 saturated heterocycles. The Kier molecular flexibility index (Phi) is 3.62. The summed E-state index contributed by atoms with van der Waals surface area (Å²) in [5, 5.41) is 1.20. The Balaban J connectivity index is 2.26. The van der Waals surface area contributed by atoms with Crippen molar-refractivity contribution in [1.82, 2.24) is 4.98 Å². The van der Waals surface area contributed by atoms with E-state index in [0.29, 0.717) is 23.1 Å². The predicted molar refractivity (Wildman–Crippen MR) is 66.7 cm³/mol. The summed E-state index contributed by atoms with van der Waals surface area (Å²) < 4.78 is 10.1. The highest BCUT2D eigenvalue weighted by molar-refractivity contribution is 5.87. The van der Waals surface area contributed by atoms with Crippen molar-refractivity contribution in [2.45, 2.75) is 6.92 Å². The van der Waals surface area contributed by atoms with Crippen molar-refractivity contribution in [2.24, 2.45) is 0 Å². The number of aromatic amines is 1. The van der Waals surface area contributed by atoms with E-state index in [4.69, 9.17) is 9.47 Å². The van der Waals surface area contributed by atoms with Crippen LogP contribution in [-0.4, -0.2) is 24.2 Å². The number of benzene rings is 1. The summed E-state index contributed by atoms with van der Waals surface area (Å²) in [6.07, 6.45) is 1.54. The van der Waals surface area contributed by atoms with Gasteiger partial charge in [-0.05, 0) is 25.1 Å². The summed E-state index contributed by atoms with van der Waals surface area (Å²) in [5.41, 5.74) is -0.186. The van der Waals surface area contributed by atoms with Gasteiger partial charge in [0.15, 0.2) is 6.61 Å². The Morgan fingerprint density at radius 3 is 2.89 bits per heavy atom. The Morgan fingerprint density at radius 1 is 1.28 bits per heavy atom. The average Bonchev–Trinajstić information content (AvgIpc) is 2.37. The van der Waals surface area contributed by atoms with Gasteiger partial charge in [-0.15, -0.1) is 0 Å². The van der Waals surface area contributed by atoms with E-state index in [1.54, 1.807) is 37.4 Å². The lowest BCUT2D eigenvalue weighted by Crippen LogP contribution is -2.15. The smallest absolute Gasteiger partial charge is 0.344 e. The minimum Gasteiger partial charge on any atom is -0.481 e. The number of carbonyl (C=O) groups is 1. The molecule has 0 bridgehead atoms. The standard InChI is InChI=1S/C13H13NO4/c1-2-17-12(15)8-18-11-5-3-4-10-9(11)6-7-14-13(10)16/h3-7H,2,8H2,1H3,(H,14,16). The quantitative estimate of drug-likeness (QED) is 0.831. The molecule has 18 heavy (non-hydrogen) atoms. The summed E-state index contributed by atoms with van der Waals surface area (Å²) >= 11 is 0. The summed E-state index contributed by atoms with van der Waals surface area (Å²) in [7, 11) is 0. The topological polar surface area (TPSA) is 68.4 Å². The van der Waals surface area contributed by atoms with E-state index in [-0.39, 0.29) is 12.2 Å². The fourth-order valence-electron chi connectivity index (χ4n) is 1.66. The fraction of sp³-hybridized carbons (Fsp3) is 0.231. The van der Waals surface area contributed by atoms with Crippen LogP contribution < -0.4 is 10.3 Å². The van der Waals surface area contributed by atoms with Crippen molar-refractivity contribution in [3.05, 3.63) is 40.8 Å². The van der Waals surface area contributed by atoms with Crippen LogP contribution in [0.15, 0.2) is 35.3 Å². The van der Waals surface area contributed by atoms with Crippen molar-refractivity contribution >= 4 is 16.7 Å². The highest BCUT2D eigenvalue weighted by Gasteiger charge is 2.07. The van der Waals surface area contributed by atoms with Crippen LogP contribution in [0.4, 0.5) is 0 Å². The van der Waals surface area contributed by atoms with E-state index >= 15 is 0 Å². The molecule has 0 unspecified atom stereocenters. The van der Waals surface area contributed by atoms with E-state index < -0.39 is 5.97 Å². The van der Waals surface area contributed by atoms with E-state index in [2.05, 4.69) is 4.98 Å². The lowest BCUT2D eigenvalue weighted by atomic mass is 10.1. The normalized spacial score (nSPS) is 10.3. The van der Waals surface area contributed by atoms with E-state index in [0.717, 1.165) is 0 Å². The molecule has 0 aliphatic rings. The van der Waals surface area contributed by atoms with Crippen LogP contribution in [0, 0.1) is 0 Å². The number of pyridine rings is 1. The average molecular weight is 247 g/mol. The van der Waals surface area contributed by atoms with Gasteiger partial charge in [-0.3, -0.25) is 4.79 Å². The van der Waals surface area contributed by atoms with E-state index in [1.807, 2.05) is 0 Å². The highest BCUT2D eigenvalue weighted by atomic mass is 16.6. The number of hydrogen-bond acceptors (Lipinski definition) is 4. The summed E-state index contributed by atoms with van der Waals surface area (Å²) in [5.74, 6) is 0.0611. The first-order valence-electron chi connectivity index (χ1n) is 5.61. The van der Waals surface area contributed by atoms with Crippen molar-refractivity contribution in [3.8, 4) is 5.75 Å². The zero-order chi connectivity index (χ0) is 13.0. The maximum absolute atomic E-state index is 11.6. The molecule has 94 valence electrons. The van der Waals surface area contributed by atoms with Gasteiger partial charge in [0.25, 0.3) is 5.56 Å². The molecule has 1 aromatic heterocycles. The number of nitrogens with one attached hydrogen (secondary N) is 1. The van der Waals surface area contributed by atoms with Gasteiger partial charge in [0.2, 0.25) is 0 Å². The first-order valence-corrected chi connectivity index (χ1v) is 5.61. The van der Waals surface area contributed by atoms with Crippen LogP contribution >= 0.6 is 0 Å². The molecule has 0 amide bonds. The number of ether oxygens (including phenoxy) is 2. The van der Waals surface area contributed by atoms with Crippen LogP contribution in [0.25, 0.3) is 10.8 Å². The molecule has 0 aliphatic heterocycles. The Labute approximate surface area is 103 Å². The third-order valence-corrected chi connectivity index (χ3v) is 2.43. The zero-order valence-corrected chi connectivity index (χ0v) is 9.93. The number of carbonyl (C=O) groups excluding carboxylic acids is 1. The summed E-state index contributed by atoms with van der Waals surface area (Å²) in [6, 6.07) is 6.85. The third kappa shape index (κ3) is 2.51. The molecule has 0 saturated carbocycles. The maximum Gasteiger partial charge on any atom is 0.344 e. The molecule has 0 fully saturated rings. The molecular weight excluding hydrogens is 234 g/mol. The molecule has 2 aromatic rings. The second-order valence-electron chi connectivity index (χ2n) is 3.62. The van der Waals surface area contributed by atoms with Gasteiger partial charge >= 0.3 is 5.97 Å². The highest BCUT2D eigenvalue weighted by Crippen LogP contribution is 2.22. The fourth-order valence-corrected chi connectivity index (χ4v) is 1.66. The van der Waals surface area contributed by atoms with Gasteiger partial charge in [0.05, 0.1) is 12.0 Å². The molecule has 0 atom stereocenters. The SMILES string of the molecule is CCOC(=O)COc1cccc2c(=O)[nH]ccc12. The molecule has 2 rings (SSSR count). The molecule has 1 heterocycles. The van der Waals surface area contributed by atoms with Gasteiger partial charge < -0.3 is 14.5 Å². The number of H-pyrrole nitrogens is 1. The molecular formula is C13H13NO4. The molecule has 1 aromatic carbocycles. The first kappa shape index (κ1) is 12.2. The first-order chi connectivity index (χ1) is 8.72. The van der Waals surface area contributed by atoms with Gasteiger partial charge in [-0.25, -0.2) is 4.79 Å². The van der Waals surface area contributed by atoms with Crippen LogP contribution in [0.5, 0.6) is 5.75 Å². The maximum atomic E-state index is 11.6. The van der Waals surface area contributed by atoms with Crippen LogP contribution in [0.1, 0.15) is 6.92 Å². The molecule has 1 N–H and O–H groups in total. The second-order valence-corrected chi connectivity index (χ2v) is 3.62. The predicted octanol–water partition coefficient (Wildman–Crippen LogP) is 1.47. The van der Waals surface area contributed by atoms with Crippen molar-refractivity contribution < 1.29 is 14.3 Å². The lowest BCUT2D eigenvalue weighted by molar-refractivity contribution is -0.145. The zero-order valence-electron chi connectivity index (χ0n) is 9.93. The van der Waals surface area contributed by atoms with Crippen molar-refractivity contribution in [1.29, 1.82) is 0 Å². The van der Waals surface area contributed by atoms with Crippen molar-refractivity contribution in [2.75, 3.05) is 13.2 Å². The number of esters is 1. The lowest BCUT2D eigenvalue weighted by Gasteiger charge is -2.08. The third-order valence-electron chi connectivity index (χ3n) is 2.43. The van der Waals surface area contributed by atoms with Gasteiger partial charge in [-0.1, -0.05) is 6.07 Å². The minimum atomic E-state index is -0.431. The summed E-state index contributed by atoms with van der Waals surface area (Å²) in [4.78, 5) is 25.4. The molecule has 5 heteroatoms. The number of aromatic nitrogens is 1. The van der Waals surface area contributed by atoms with Gasteiger partial charge in [0.1, 0.15) is 5.75 Å². The second kappa shape index (κ2) is 5.35. The van der Waals surface area contributed by atoms with E-state index in [9.17, 15) is 9.59 Å². The molecule has 5 nitrogen and oxygen atoms in total. The molecule has 0 spiro atoms. The number of hydrogen-bond donors (Lipinski definition) is 1. The summed E-state index contributed by atoms with van der Waals surface area (Å²) in [6.45, 7) is 1.88. The minimum absolute atomic E-state index is 0.167.